The number of aliphatic hydroxyl groups excluding tert-OH is 1. The largest absolute Gasteiger partial charge is 0.481 e. The average Bonchev–Trinajstić information content (AvgIpc) is 2.96. The number of hydrogen-bond acceptors (Lipinski definition) is 7. The van der Waals surface area contributed by atoms with Gasteiger partial charge < -0.3 is 30.7 Å². The van der Waals surface area contributed by atoms with Crippen molar-refractivity contribution < 1.29 is 24.9 Å². The van der Waals surface area contributed by atoms with E-state index in [-0.39, 0.29) is 43.0 Å². The third-order valence-electron chi connectivity index (χ3n) is 11.1. The second-order valence-electron chi connectivity index (χ2n) is 14.4. The first-order valence-corrected chi connectivity index (χ1v) is 16.6. The minimum atomic E-state index is -1.33. The maximum atomic E-state index is 11.7. The Morgan fingerprint density at radius 2 is 1.98 bits per heavy atom. The fraction of sp³-hybridized carbons (Fsp3) is 0.909. The van der Waals surface area contributed by atoms with Crippen molar-refractivity contribution in [3.8, 4) is 11.8 Å². The van der Waals surface area contributed by atoms with E-state index >= 15 is 0 Å². The van der Waals surface area contributed by atoms with Crippen LogP contribution in [-0.2, 0) is 9.53 Å². The zero-order valence-corrected chi connectivity index (χ0v) is 25.3. The van der Waals surface area contributed by atoms with Crippen molar-refractivity contribution in [1.82, 2.24) is 15.5 Å². The Hall–Kier alpha value is -1.21. The highest BCUT2D eigenvalue weighted by Gasteiger charge is 2.42. The van der Waals surface area contributed by atoms with Crippen LogP contribution >= 0.6 is 0 Å². The minimum absolute atomic E-state index is 0.00852. The number of carboxylic acids is 1. The summed E-state index contributed by atoms with van der Waals surface area (Å²) in [4.78, 5) is 14.4. The van der Waals surface area contributed by atoms with Gasteiger partial charge in [-0.1, -0.05) is 5.92 Å². The fourth-order valence-electron chi connectivity index (χ4n) is 8.62. The number of β-amino-alcohol motifs (C(OH)–C–C–N with tert-alkyl or cyclic N) is 1. The summed E-state index contributed by atoms with van der Waals surface area (Å²) in [5.74, 6) is 7.15. The number of hydrogen-bond donors (Lipinski definition) is 5. The number of nitrogens with one attached hydrogen (secondary N) is 2. The van der Waals surface area contributed by atoms with E-state index in [1.54, 1.807) is 0 Å². The number of piperidine rings is 3. The highest BCUT2D eigenvalue weighted by Crippen LogP contribution is 2.39. The van der Waals surface area contributed by atoms with Crippen molar-refractivity contribution in [3.63, 3.8) is 0 Å². The maximum Gasteiger partial charge on any atom is 0.306 e. The summed E-state index contributed by atoms with van der Waals surface area (Å²) in [6.45, 7) is 5.49. The molecule has 4 saturated heterocycles. The molecule has 0 spiro atoms. The van der Waals surface area contributed by atoms with Crippen LogP contribution in [0.1, 0.15) is 103 Å². The Labute approximate surface area is 247 Å². The molecule has 0 amide bonds. The standard InChI is InChI=1S/C33H55N3O5/c1-32-14-15-34-27(20-32)5-2-4-24(18-26(22-37)11-13-33(40,23-35-32)21-31(38)39)7-8-25-12-16-36-28(19-25)9-10-30-29(36)6-3-17-41-30/h24-30,34-35,37,40H,3,5-23H2,1H3,(H,38,39)/t24-,25+,26-,27+,28-,29-,30+,32-,33+/m0/s1. The van der Waals surface area contributed by atoms with Crippen LogP contribution in [0.15, 0.2) is 0 Å². The van der Waals surface area contributed by atoms with Gasteiger partial charge in [0.1, 0.15) is 0 Å². The summed E-state index contributed by atoms with van der Waals surface area (Å²) in [7, 11) is 0. The molecule has 5 aliphatic rings. The smallest absolute Gasteiger partial charge is 0.306 e. The molecule has 5 rings (SSSR count). The molecule has 5 aliphatic heterocycles. The number of carbonyl (C=O) groups is 1. The molecule has 0 aromatic heterocycles. The van der Waals surface area contributed by atoms with E-state index in [0.29, 0.717) is 31.0 Å². The van der Waals surface area contributed by atoms with Crippen molar-refractivity contribution in [2.45, 2.75) is 139 Å². The molecule has 0 aromatic rings. The monoisotopic (exact) mass is 573 g/mol. The SMILES string of the molecule is C[C@@]12CCN[C@H](CC#C[C@@H](CC[C@@H]3CCN4[C@@H](CC[C@H]5OCCC[C@@H]54)C3)C[C@@H](CO)CC[C@@](O)(CC(=O)O)CN1)C2. The molecule has 0 aromatic carbocycles. The highest BCUT2D eigenvalue weighted by atomic mass is 16.5. The first-order chi connectivity index (χ1) is 19.7. The van der Waals surface area contributed by atoms with Gasteiger partial charge in [0.2, 0.25) is 0 Å². The second-order valence-corrected chi connectivity index (χ2v) is 14.4. The topological polar surface area (TPSA) is 114 Å². The van der Waals surface area contributed by atoms with Crippen LogP contribution in [0.4, 0.5) is 0 Å². The van der Waals surface area contributed by atoms with Crippen molar-refractivity contribution in [1.29, 1.82) is 0 Å². The molecule has 9 atom stereocenters. The lowest BCUT2D eigenvalue weighted by Crippen LogP contribution is -2.58. The first kappa shape index (κ1) is 31.2. The number of ether oxygens (including phenoxy) is 1. The lowest BCUT2D eigenvalue weighted by molar-refractivity contribution is -0.143. The summed E-state index contributed by atoms with van der Waals surface area (Å²) in [6.07, 6.45) is 14.3. The van der Waals surface area contributed by atoms with Crippen LogP contribution in [0.5, 0.6) is 0 Å². The minimum Gasteiger partial charge on any atom is -0.481 e. The van der Waals surface area contributed by atoms with Gasteiger partial charge in [0.25, 0.3) is 0 Å². The zero-order chi connectivity index (χ0) is 28.9. The molecule has 232 valence electrons. The Bertz CT molecular complexity index is 938. The van der Waals surface area contributed by atoms with Crippen molar-refractivity contribution in [2.75, 3.05) is 32.8 Å². The molecule has 5 N–H and O–H groups in total. The number of carboxylic acid groups (broad SMARTS) is 1. The van der Waals surface area contributed by atoms with E-state index < -0.39 is 11.6 Å². The Balaban J connectivity index is 1.23. The van der Waals surface area contributed by atoms with E-state index in [1.165, 1.54) is 51.5 Å². The van der Waals surface area contributed by atoms with Gasteiger partial charge in [-0.05, 0) is 115 Å². The molecule has 5 heterocycles. The highest BCUT2D eigenvalue weighted by molar-refractivity contribution is 5.68. The van der Waals surface area contributed by atoms with Crippen LogP contribution in [0.2, 0.25) is 0 Å². The van der Waals surface area contributed by atoms with E-state index in [9.17, 15) is 20.1 Å². The second kappa shape index (κ2) is 14.1. The lowest BCUT2D eigenvalue weighted by atomic mass is 9.77. The molecule has 0 saturated carbocycles. The molecule has 8 nitrogen and oxygen atoms in total. The Morgan fingerprint density at radius 1 is 1.10 bits per heavy atom. The van der Waals surface area contributed by atoms with Gasteiger partial charge >= 0.3 is 5.97 Å². The first-order valence-electron chi connectivity index (χ1n) is 16.6. The van der Waals surface area contributed by atoms with Crippen LogP contribution in [0.3, 0.4) is 0 Å². The summed E-state index contributed by atoms with van der Waals surface area (Å²) in [6, 6.07) is 1.61. The molecule has 8 heteroatoms. The number of aliphatic hydroxyl groups is 2. The van der Waals surface area contributed by atoms with Gasteiger partial charge in [-0.2, -0.15) is 0 Å². The number of rotatable bonds is 6. The molecule has 2 bridgehead atoms. The molecule has 0 radical (unpaired) electrons. The number of aliphatic carboxylic acids is 1. The molecule has 0 unspecified atom stereocenters. The van der Waals surface area contributed by atoms with Gasteiger partial charge in [0, 0.05) is 55.8 Å². The van der Waals surface area contributed by atoms with Crippen molar-refractivity contribution in [3.05, 3.63) is 0 Å². The fourth-order valence-corrected chi connectivity index (χ4v) is 8.62. The maximum absolute atomic E-state index is 11.7. The van der Waals surface area contributed by atoms with Gasteiger partial charge in [0.05, 0.1) is 18.1 Å². The molecule has 0 aliphatic carbocycles. The molecule has 41 heavy (non-hydrogen) atoms. The van der Waals surface area contributed by atoms with Crippen LogP contribution in [-0.4, -0.2) is 94.4 Å². The summed E-state index contributed by atoms with van der Waals surface area (Å²) < 4.78 is 6.11. The van der Waals surface area contributed by atoms with Gasteiger partial charge in [-0.3, -0.25) is 9.69 Å². The van der Waals surface area contributed by atoms with E-state index in [4.69, 9.17) is 4.74 Å². The predicted octanol–water partition coefficient (Wildman–Crippen LogP) is 3.30. The lowest BCUT2D eigenvalue weighted by Gasteiger charge is -2.51. The Kier molecular flexibility index (Phi) is 10.7. The average molecular weight is 574 g/mol. The van der Waals surface area contributed by atoms with Crippen molar-refractivity contribution in [2.24, 2.45) is 17.8 Å². The van der Waals surface area contributed by atoms with Crippen LogP contribution < -0.4 is 10.6 Å². The normalized spacial score (nSPS) is 42.6. The van der Waals surface area contributed by atoms with Gasteiger partial charge in [-0.15, -0.1) is 5.92 Å². The van der Waals surface area contributed by atoms with Crippen LogP contribution in [0.25, 0.3) is 0 Å². The van der Waals surface area contributed by atoms with Crippen LogP contribution in [0, 0.1) is 29.6 Å². The zero-order valence-electron chi connectivity index (χ0n) is 25.3. The summed E-state index contributed by atoms with van der Waals surface area (Å²) >= 11 is 0. The molecular formula is C33H55N3O5. The predicted molar refractivity (Wildman–Crippen MR) is 159 cm³/mol. The quantitative estimate of drug-likeness (QED) is 0.308. The third-order valence-corrected chi connectivity index (χ3v) is 11.1. The molecular weight excluding hydrogens is 518 g/mol. The number of nitrogens with zero attached hydrogens (tertiary/aromatic N) is 1. The van der Waals surface area contributed by atoms with Gasteiger partial charge in [-0.25, -0.2) is 0 Å². The number of fused-ring (bicyclic) bond motifs is 5. The summed E-state index contributed by atoms with van der Waals surface area (Å²) in [5.41, 5.74) is -1.49. The third kappa shape index (κ3) is 8.46. The van der Waals surface area contributed by atoms with E-state index in [1.807, 2.05) is 0 Å². The van der Waals surface area contributed by atoms with Crippen molar-refractivity contribution >= 4 is 5.97 Å². The van der Waals surface area contributed by atoms with E-state index in [0.717, 1.165) is 51.2 Å². The Morgan fingerprint density at radius 3 is 2.80 bits per heavy atom. The molecule has 4 fully saturated rings. The van der Waals surface area contributed by atoms with Gasteiger partial charge in [0.15, 0.2) is 0 Å². The summed E-state index contributed by atoms with van der Waals surface area (Å²) in [5, 5.41) is 38.4. The van der Waals surface area contributed by atoms with E-state index in [2.05, 4.69) is 34.3 Å².